The molecule has 0 aliphatic rings. The van der Waals surface area contributed by atoms with E-state index < -0.39 is 18.6 Å². The van der Waals surface area contributed by atoms with Crippen LogP contribution in [0.3, 0.4) is 0 Å². The third-order valence-corrected chi connectivity index (χ3v) is 2.55. The van der Waals surface area contributed by atoms with Gasteiger partial charge in [-0.1, -0.05) is 0 Å². The number of esters is 2. The van der Waals surface area contributed by atoms with E-state index in [2.05, 4.69) is 9.47 Å². The highest BCUT2D eigenvalue weighted by Crippen LogP contribution is 2.18. The molecule has 0 aliphatic carbocycles. The Morgan fingerprint density at radius 2 is 1.93 bits per heavy atom. The van der Waals surface area contributed by atoms with Crippen molar-refractivity contribution in [1.82, 2.24) is 0 Å². The number of alkyl halides is 1. The quantitative estimate of drug-likeness (QED) is 0.741. The summed E-state index contributed by atoms with van der Waals surface area (Å²) in [5.41, 5.74) is 0. The lowest BCUT2D eigenvalue weighted by molar-refractivity contribution is 0.0486. The Kier molecular flexibility index (Phi) is 4.23. The summed E-state index contributed by atoms with van der Waals surface area (Å²) in [7, 11) is 1.25. The minimum absolute atomic E-state index is 0.254. The Morgan fingerprint density at radius 1 is 1.33 bits per heavy atom. The summed E-state index contributed by atoms with van der Waals surface area (Å²) in [6.07, 6.45) is 0. The monoisotopic (exact) mass is 232 g/mol. The fourth-order valence-electron chi connectivity index (χ4n) is 0.860. The van der Waals surface area contributed by atoms with Crippen LogP contribution in [0.25, 0.3) is 0 Å². The fraction of sp³-hybridized carbons (Fsp3) is 0.333. The maximum atomic E-state index is 11.7. The molecule has 4 nitrogen and oxygen atoms in total. The molecule has 0 saturated carbocycles. The van der Waals surface area contributed by atoms with Gasteiger partial charge in [-0.25, -0.2) is 14.0 Å². The third kappa shape index (κ3) is 3.02. The van der Waals surface area contributed by atoms with Crippen LogP contribution in [0.4, 0.5) is 4.39 Å². The zero-order chi connectivity index (χ0) is 11.3. The van der Waals surface area contributed by atoms with Gasteiger partial charge >= 0.3 is 11.9 Å². The van der Waals surface area contributed by atoms with Gasteiger partial charge in [-0.05, 0) is 12.1 Å². The van der Waals surface area contributed by atoms with E-state index >= 15 is 0 Å². The van der Waals surface area contributed by atoms with Crippen molar-refractivity contribution in [2.75, 3.05) is 20.4 Å². The second-order valence-electron chi connectivity index (χ2n) is 2.48. The van der Waals surface area contributed by atoms with Crippen LogP contribution in [-0.2, 0) is 9.47 Å². The van der Waals surface area contributed by atoms with Gasteiger partial charge in [0.2, 0.25) is 0 Å². The highest BCUT2D eigenvalue weighted by molar-refractivity contribution is 7.15. The molecule has 1 aromatic rings. The smallest absolute Gasteiger partial charge is 0.348 e. The molecule has 0 N–H and O–H groups in total. The number of ether oxygens (including phenoxy) is 2. The first kappa shape index (κ1) is 11.6. The van der Waals surface area contributed by atoms with Crippen molar-refractivity contribution in [2.24, 2.45) is 0 Å². The largest absolute Gasteiger partial charge is 0.465 e. The van der Waals surface area contributed by atoms with Crippen LogP contribution in [0.2, 0.25) is 0 Å². The van der Waals surface area contributed by atoms with Crippen LogP contribution in [-0.4, -0.2) is 32.3 Å². The molecule has 82 valence electrons. The molecule has 0 aromatic carbocycles. The number of halogens is 1. The van der Waals surface area contributed by atoms with Crippen molar-refractivity contribution < 1.29 is 23.5 Å². The predicted molar refractivity (Wildman–Crippen MR) is 51.9 cm³/mol. The molecule has 15 heavy (non-hydrogen) atoms. The first-order valence-corrected chi connectivity index (χ1v) is 4.92. The van der Waals surface area contributed by atoms with E-state index in [9.17, 15) is 14.0 Å². The van der Waals surface area contributed by atoms with Crippen molar-refractivity contribution in [3.05, 3.63) is 21.9 Å². The first-order chi connectivity index (χ1) is 7.19. The van der Waals surface area contributed by atoms with Gasteiger partial charge in [-0.15, -0.1) is 11.3 Å². The van der Waals surface area contributed by atoms with Crippen LogP contribution in [0.5, 0.6) is 0 Å². The van der Waals surface area contributed by atoms with Gasteiger partial charge < -0.3 is 9.47 Å². The number of thiophene rings is 1. The number of carbonyl (C=O) groups is 2. The van der Waals surface area contributed by atoms with Gasteiger partial charge in [0.15, 0.2) is 0 Å². The van der Waals surface area contributed by atoms with Crippen molar-refractivity contribution in [2.45, 2.75) is 0 Å². The van der Waals surface area contributed by atoms with Gasteiger partial charge in [-0.3, -0.25) is 0 Å². The molecule has 0 fully saturated rings. The molecule has 0 aliphatic heterocycles. The molecule has 0 bridgehead atoms. The molecule has 1 heterocycles. The Morgan fingerprint density at radius 3 is 2.47 bits per heavy atom. The van der Waals surface area contributed by atoms with Gasteiger partial charge in [0.1, 0.15) is 23.0 Å². The van der Waals surface area contributed by atoms with E-state index in [0.717, 1.165) is 11.3 Å². The zero-order valence-corrected chi connectivity index (χ0v) is 8.80. The van der Waals surface area contributed by atoms with E-state index in [0.29, 0.717) is 4.88 Å². The maximum absolute atomic E-state index is 11.7. The van der Waals surface area contributed by atoms with E-state index in [-0.39, 0.29) is 11.5 Å². The average Bonchev–Trinajstić information content (AvgIpc) is 2.74. The molecule has 0 radical (unpaired) electrons. The summed E-state index contributed by atoms with van der Waals surface area (Å²) in [5.74, 6) is -1.14. The van der Waals surface area contributed by atoms with Crippen LogP contribution < -0.4 is 0 Å². The molecular weight excluding hydrogens is 223 g/mol. The summed E-state index contributed by atoms with van der Waals surface area (Å²) >= 11 is 0.953. The van der Waals surface area contributed by atoms with Crippen molar-refractivity contribution in [3.63, 3.8) is 0 Å². The lowest BCUT2D eigenvalue weighted by Crippen LogP contribution is -2.05. The van der Waals surface area contributed by atoms with Crippen molar-refractivity contribution in [3.8, 4) is 0 Å². The minimum Gasteiger partial charge on any atom is -0.465 e. The summed E-state index contributed by atoms with van der Waals surface area (Å²) in [6.45, 7) is -0.995. The summed E-state index contributed by atoms with van der Waals surface area (Å²) in [6, 6.07) is 2.90. The highest BCUT2D eigenvalue weighted by Gasteiger charge is 2.14. The normalized spacial score (nSPS) is 9.73. The standard InChI is InChI=1S/C9H9FO4S/c1-13-8(11)6-2-3-7(15-6)9(12)14-5-4-10/h2-3H,4-5H2,1H3. The third-order valence-electron chi connectivity index (χ3n) is 1.50. The lowest BCUT2D eigenvalue weighted by atomic mass is 10.4. The zero-order valence-electron chi connectivity index (χ0n) is 7.99. The van der Waals surface area contributed by atoms with E-state index in [1.54, 1.807) is 0 Å². The highest BCUT2D eigenvalue weighted by atomic mass is 32.1. The summed E-state index contributed by atoms with van der Waals surface area (Å²) < 4.78 is 20.7. The SMILES string of the molecule is COC(=O)c1ccc(C(=O)OCCF)s1. The molecule has 0 spiro atoms. The van der Waals surface area contributed by atoms with Crippen LogP contribution >= 0.6 is 11.3 Å². The Bertz CT molecular complexity index is 361. The number of hydrogen-bond acceptors (Lipinski definition) is 5. The van der Waals surface area contributed by atoms with E-state index in [1.165, 1.54) is 19.2 Å². The molecular formula is C9H9FO4S. The topological polar surface area (TPSA) is 52.6 Å². The molecule has 0 atom stereocenters. The Balaban J connectivity index is 2.67. The van der Waals surface area contributed by atoms with Gasteiger partial charge in [0.25, 0.3) is 0 Å². The average molecular weight is 232 g/mol. The fourth-order valence-corrected chi connectivity index (χ4v) is 1.68. The Hall–Kier alpha value is -1.43. The van der Waals surface area contributed by atoms with Gasteiger partial charge in [-0.2, -0.15) is 0 Å². The molecule has 0 amide bonds. The first-order valence-electron chi connectivity index (χ1n) is 4.10. The number of methoxy groups -OCH3 is 1. The Labute approximate surface area is 89.6 Å². The van der Waals surface area contributed by atoms with Gasteiger partial charge in [0, 0.05) is 0 Å². The molecule has 0 saturated heterocycles. The van der Waals surface area contributed by atoms with Crippen LogP contribution in [0.1, 0.15) is 19.3 Å². The van der Waals surface area contributed by atoms with Crippen molar-refractivity contribution in [1.29, 1.82) is 0 Å². The van der Waals surface area contributed by atoms with Gasteiger partial charge in [0.05, 0.1) is 7.11 Å². The number of hydrogen-bond donors (Lipinski definition) is 0. The molecule has 1 rings (SSSR count). The van der Waals surface area contributed by atoms with Crippen LogP contribution in [0, 0.1) is 0 Å². The predicted octanol–water partition coefficient (Wildman–Crippen LogP) is 1.66. The number of carbonyl (C=O) groups excluding carboxylic acids is 2. The second-order valence-corrected chi connectivity index (χ2v) is 3.56. The maximum Gasteiger partial charge on any atom is 0.348 e. The van der Waals surface area contributed by atoms with E-state index in [1.807, 2.05) is 0 Å². The van der Waals surface area contributed by atoms with Crippen LogP contribution in [0.15, 0.2) is 12.1 Å². The second kappa shape index (κ2) is 5.45. The summed E-state index contributed by atoms with van der Waals surface area (Å²) in [4.78, 5) is 22.8. The van der Waals surface area contributed by atoms with Crippen molar-refractivity contribution >= 4 is 23.3 Å². The number of rotatable bonds is 4. The molecule has 0 unspecified atom stereocenters. The minimum atomic E-state index is -0.721. The lowest BCUT2D eigenvalue weighted by Gasteiger charge is -1.98. The molecule has 1 aromatic heterocycles. The molecule has 6 heteroatoms. The summed E-state index contributed by atoms with van der Waals surface area (Å²) in [5, 5.41) is 0. The van der Waals surface area contributed by atoms with E-state index in [4.69, 9.17) is 0 Å².